The highest BCUT2D eigenvalue weighted by Crippen LogP contribution is 2.43. The summed E-state index contributed by atoms with van der Waals surface area (Å²) in [7, 11) is 1.59. The molecule has 5 nitrogen and oxygen atoms in total. The van der Waals surface area contributed by atoms with Crippen LogP contribution in [-0.4, -0.2) is 31.3 Å². The minimum absolute atomic E-state index is 0.153. The van der Waals surface area contributed by atoms with Gasteiger partial charge in [-0.05, 0) is 96.7 Å². The molecule has 1 atom stereocenters. The van der Waals surface area contributed by atoms with E-state index >= 15 is 0 Å². The van der Waals surface area contributed by atoms with E-state index in [0.29, 0.717) is 17.2 Å². The van der Waals surface area contributed by atoms with Crippen LogP contribution in [0.15, 0.2) is 41.5 Å². The molecule has 6 heteroatoms. The molecule has 2 aromatic rings. The lowest BCUT2D eigenvalue weighted by atomic mass is 9.79. The van der Waals surface area contributed by atoms with Gasteiger partial charge >= 0.3 is 0 Å². The lowest BCUT2D eigenvalue weighted by Crippen LogP contribution is -2.48. The van der Waals surface area contributed by atoms with Gasteiger partial charge in [0.15, 0.2) is 0 Å². The summed E-state index contributed by atoms with van der Waals surface area (Å²) in [6.45, 7) is 10.2. The van der Waals surface area contributed by atoms with E-state index in [9.17, 15) is 4.79 Å². The normalized spacial score (nSPS) is 17.7. The Labute approximate surface area is 193 Å². The fourth-order valence-electron chi connectivity index (χ4n) is 4.27. The molecular formula is C24H30IN3O2. The summed E-state index contributed by atoms with van der Waals surface area (Å²) in [4.78, 5) is 14.9. The Morgan fingerprint density at radius 1 is 1.33 bits per heavy atom. The van der Waals surface area contributed by atoms with Crippen molar-refractivity contribution in [1.29, 1.82) is 0 Å². The third kappa shape index (κ3) is 4.79. The molecule has 160 valence electrons. The molecule has 1 aliphatic rings. The van der Waals surface area contributed by atoms with Crippen molar-refractivity contribution in [2.75, 3.05) is 18.6 Å². The number of hydrazone groups is 1. The Morgan fingerprint density at radius 2 is 2.10 bits per heavy atom. The Bertz CT molecular complexity index is 955. The minimum Gasteiger partial charge on any atom is -0.496 e. The first-order valence-corrected chi connectivity index (χ1v) is 11.4. The second-order valence-corrected chi connectivity index (χ2v) is 9.60. The summed E-state index contributed by atoms with van der Waals surface area (Å²) in [5.74, 6) is 0.893. The fraction of sp³-hybridized carbons (Fsp3) is 0.417. The minimum atomic E-state index is -0.261. The van der Waals surface area contributed by atoms with Gasteiger partial charge in [-0.1, -0.05) is 19.9 Å². The standard InChI is InChI=1S/C24H30IN3O2/c1-6-11-28-21-10-7-17(12-19(21)16(2)14-24(28,3)4)15-26-27-23(29)18-8-9-20(25)22(13-18)30-5/h7-10,12-13,15-16H,6,11,14H2,1-5H3,(H,27,29)/b26-15+. The SMILES string of the molecule is CCCN1c2ccc(/C=N/NC(=O)c3ccc(I)c(OC)c3)cc2C(C)CC1(C)C. The van der Waals surface area contributed by atoms with Gasteiger partial charge in [0, 0.05) is 23.3 Å². The zero-order valence-corrected chi connectivity index (χ0v) is 20.5. The lowest BCUT2D eigenvalue weighted by Gasteiger charge is -2.47. The van der Waals surface area contributed by atoms with Crippen LogP contribution in [-0.2, 0) is 0 Å². The summed E-state index contributed by atoms with van der Waals surface area (Å²) in [6.07, 6.45) is 3.94. The van der Waals surface area contributed by atoms with Gasteiger partial charge in [-0.25, -0.2) is 5.43 Å². The van der Waals surface area contributed by atoms with Gasteiger partial charge in [-0.15, -0.1) is 0 Å². The largest absolute Gasteiger partial charge is 0.496 e. The fourth-order valence-corrected chi connectivity index (χ4v) is 4.82. The van der Waals surface area contributed by atoms with Gasteiger partial charge in [0.2, 0.25) is 0 Å². The third-order valence-electron chi connectivity index (χ3n) is 5.65. The van der Waals surface area contributed by atoms with E-state index in [2.05, 4.69) is 83.9 Å². The Hall–Kier alpha value is -2.09. The molecule has 1 amide bonds. The van der Waals surface area contributed by atoms with Crippen molar-refractivity contribution in [1.82, 2.24) is 5.43 Å². The number of carbonyl (C=O) groups is 1. The lowest BCUT2D eigenvalue weighted by molar-refractivity contribution is 0.0954. The first-order chi connectivity index (χ1) is 14.3. The second-order valence-electron chi connectivity index (χ2n) is 8.44. The van der Waals surface area contributed by atoms with Crippen molar-refractivity contribution < 1.29 is 9.53 Å². The molecule has 0 saturated carbocycles. The van der Waals surface area contributed by atoms with Crippen LogP contribution in [0, 0.1) is 3.57 Å². The van der Waals surface area contributed by atoms with Gasteiger partial charge in [-0.3, -0.25) is 4.79 Å². The Balaban J connectivity index is 1.76. The van der Waals surface area contributed by atoms with E-state index in [0.717, 1.165) is 28.5 Å². The van der Waals surface area contributed by atoms with Crippen LogP contribution in [0.4, 0.5) is 5.69 Å². The molecule has 0 bridgehead atoms. The smallest absolute Gasteiger partial charge is 0.271 e. The molecule has 30 heavy (non-hydrogen) atoms. The number of anilines is 1. The van der Waals surface area contributed by atoms with Crippen molar-refractivity contribution in [3.05, 3.63) is 56.7 Å². The number of carbonyl (C=O) groups excluding carboxylic acids is 1. The molecule has 2 aromatic carbocycles. The molecule has 1 N–H and O–H groups in total. The van der Waals surface area contributed by atoms with Gasteiger partial charge in [0.05, 0.1) is 16.9 Å². The molecule has 1 heterocycles. The predicted molar refractivity (Wildman–Crippen MR) is 132 cm³/mol. The Morgan fingerprint density at radius 3 is 2.80 bits per heavy atom. The number of benzene rings is 2. The van der Waals surface area contributed by atoms with Crippen LogP contribution in [0.3, 0.4) is 0 Å². The third-order valence-corrected chi connectivity index (χ3v) is 6.54. The first-order valence-electron chi connectivity index (χ1n) is 10.4. The molecule has 0 radical (unpaired) electrons. The zero-order chi connectivity index (χ0) is 21.9. The molecule has 0 saturated heterocycles. The summed E-state index contributed by atoms with van der Waals surface area (Å²) >= 11 is 2.17. The van der Waals surface area contributed by atoms with Crippen molar-refractivity contribution >= 4 is 40.4 Å². The second kappa shape index (κ2) is 9.37. The number of hydrogen-bond acceptors (Lipinski definition) is 4. The van der Waals surface area contributed by atoms with Gasteiger partial charge in [0.25, 0.3) is 5.91 Å². The number of hydrogen-bond donors (Lipinski definition) is 1. The van der Waals surface area contributed by atoms with Crippen LogP contribution in [0.5, 0.6) is 5.75 Å². The molecule has 0 aromatic heterocycles. The topological polar surface area (TPSA) is 53.9 Å². The van der Waals surface area contributed by atoms with Gasteiger partial charge < -0.3 is 9.64 Å². The molecule has 1 unspecified atom stereocenters. The summed E-state index contributed by atoms with van der Waals surface area (Å²) in [6, 6.07) is 11.8. The highest BCUT2D eigenvalue weighted by Gasteiger charge is 2.35. The van der Waals surface area contributed by atoms with E-state index in [1.54, 1.807) is 25.5 Å². The monoisotopic (exact) mass is 519 g/mol. The van der Waals surface area contributed by atoms with Crippen molar-refractivity contribution in [3.63, 3.8) is 0 Å². The summed E-state index contributed by atoms with van der Waals surface area (Å²) in [5, 5.41) is 4.17. The highest BCUT2D eigenvalue weighted by atomic mass is 127. The number of halogens is 1. The van der Waals surface area contributed by atoms with Crippen LogP contribution in [0.25, 0.3) is 0 Å². The van der Waals surface area contributed by atoms with E-state index in [1.807, 2.05) is 6.07 Å². The molecule has 0 fully saturated rings. The van der Waals surface area contributed by atoms with Crippen molar-refractivity contribution in [2.24, 2.45) is 5.10 Å². The van der Waals surface area contributed by atoms with E-state index in [1.165, 1.54) is 11.3 Å². The predicted octanol–water partition coefficient (Wildman–Crippen LogP) is 5.57. The summed E-state index contributed by atoms with van der Waals surface area (Å²) < 4.78 is 6.24. The number of nitrogens with zero attached hydrogens (tertiary/aromatic N) is 2. The van der Waals surface area contributed by atoms with Crippen LogP contribution in [0.2, 0.25) is 0 Å². The zero-order valence-electron chi connectivity index (χ0n) is 18.3. The van der Waals surface area contributed by atoms with Crippen LogP contribution < -0.4 is 15.1 Å². The van der Waals surface area contributed by atoms with E-state index < -0.39 is 0 Å². The molecule has 0 aliphatic carbocycles. The van der Waals surface area contributed by atoms with E-state index in [4.69, 9.17) is 4.74 Å². The maximum Gasteiger partial charge on any atom is 0.271 e. The average molecular weight is 519 g/mol. The number of amides is 1. The van der Waals surface area contributed by atoms with Crippen LogP contribution in [0.1, 0.15) is 67.9 Å². The molecule has 3 rings (SSSR count). The number of fused-ring (bicyclic) bond motifs is 1. The number of nitrogens with one attached hydrogen (secondary N) is 1. The first kappa shape index (κ1) is 22.6. The number of ether oxygens (including phenoxy) is 1. The van der Waals surface area contributed by atoms with Gasteiger partial charge in [0.1, 0.15) is 5.75 Å². The maximum atomic E-state index is 12.4. The van der Waals surface area contributed by atoms with Gasteiger partial charge in [-0.2, -0.15) is 5.10 Å². The van der Waals surface area contributed by atoms with Crippen LogP contribution >= 0.6 is 22.6 Å². The molecule has 0 spiro atoms. The molecule has 1 aliphatic heterocycles. The highest BCUT2D eigenvalue weighted by molar-refractivity contribution is 14.1. The van der Waals surface area contributed by atoms with Crippen molar-refractivity contribution in [3.8, 4) is 5.75 Å². The van der Waals surface area contributed by atoms with E-state index in [-0.39, 0.29) is 11.4 Å². The maximum absolute atomic E-state index is 12.4. The molecular weight excluding hydrogens is 489 g/mol. The average Bonchev–Trinajstić information content (AvgIpc) is 2.71. The summed E-state index contributed by atoms with van der Waals surface area (Å²) in [5.41, 5.74) is 6.93. The van der Waals surface area contributed by atoms with Crippen molar-refractivity contribution in [2.45, 2.75) is 52.0 Å². The number of methoxy groups -OCH3 is 1. The Kier molecular flexibility index (Phi) is 7.06. The number of rotatable bonds is 6. The quantitative estimate of drug-likeness (QED) is 0.309.